The maximum Gasteiger partial charge on any atom is 0.0695 e. The fourth-order valence-electron chi connectivity index (χ4n) is 1.41. The van der Waals surface area contributed by atoms with Crippen LogP contribution in [0.15, 0.2) is 36.5 Å². The van der Waals surface area contributed by atoms with E-state index in [0.29, 0.717) is 6.54 Å². The van der Waals surface area contributed by atoms with E-state index in [-0.39, 0.29) is 0 Å². The number of aromatic amines is 1. The molecule has 0 bridgehead atoms. The maximum absolute atomic E-state index is 5.28. The Hall–Kier alpha value is -1.65. The summed E-state index contributed by atoms with van der Waals surface area (Å²) in [6, 6.07) is 10.0. The van der Waals surface area contributed by atoms with Crippen LogP contribution in [-0.2, 0) is 6.54 Å². The van der Waals surface area contributed by atoms with Gasteiger partial charge in [-0.15, -0.1) is 0 Å². The summed E-state index contributed by atoms with van der Waals surface area (Å²) in [6.45, 7) is 0.612. The van der Waals surface area contributed by atoms with E-state index in [1.165, 1.54) is 0 Å². The predicted molar refractivity (Wildman–Crippen MR) is 55.1 cm³/mol. The molecule has 0 radical (unpaired) electrons. The Morgan fingerprint density at radius 3 is 2.79 bits per heavy atom. The first-order chi connectivity index (χ1) is 6.92. The number of nitrogens with zero attached hydrogens (tertiary/aromatic N) is 1. The fourth-order valence-corrected chi connectivity index (χ4v) is 1.41. The topological polar surface area (TPSA) is 66.7 Å². The Labute approximate surface area is 82.1 Å². The molecule has 0 aliphatic heterocycles. The van der Waals surface area contributed by atoms with E-state index in [0.717, 1.165) is 16.8 Å². The monoisotopic (exact) mass is 188 g/mol. The standard InChI is InChI=1S/C10H12N4/c11-12-6-9-7-13-14-10(9)8-4-2-1-3-5-8/h1-5,7,12H,6,11H2,(H,13,14). The van der Waals surface area contributed by atoms with Crippen LogP contribution in [0.25, 0.3) is 11.3 Å². The lowest BCUT2D eigenvalue weighted by Crippen LogP contribution is -2.20. The highest BCUT2D eigenvalue weighted by Crippen LogP contribution is 2.19. The van der Waals surface area contributed by atoms with Gasteiger partial charge >= 0.3 is 0 Å². The first-order valence-corrected chi connectivity index (χ1v) is 4.43. The van der Waals surface area contributed by atoms with Crippen LogP contribution < -0.4 is 11.3 Å². The van der Waals surface area contributed by atoms with Gasteiger partial charge < -0.3 is 0 Å². The number of benzene rings is 1. The molecule has 1 aromatic carbocycles. The van der Waals surface area contributed by atoms with Gasteiger partial charge in [-0.1, -0.05) is 30.3 Å². The summed E-state index contributed by atoms with van der Waals surface area (Å²) in [7, 11) is 0. The summed E-state index contributed by atoms with van der Waals surface area (Å²) in [6.07, 6.45) is 1.78. The van der Waals surface area contributed by atoms with Gasteiger partial charge in [-0.3, -0.25) is 16.4 Å². The summed E-state index contributed by atoms with van der Waals surface area (Å²) < 4.78 is 0. The zero-order valence-electron chi connectivity index (χ0n) is 7.70. The van der Waals surface area contributed by atoms with Crippen molar-refractivity contribution in [1.29, 1.82) is 0 Å². The third-order valence-corrected chi connectivity index (χ3v) is 2.07. The van der Waals surface area contributed by atoms with Gasteiger partial charge in [-0.05, 0) is 5.56 Å². The van der Waals surface area contributed by atoms with Gasteiger partial charge in [0.05, 0.1) is 11.9 Å². The normalized spacial score (nSPS) is 10.4. The average molecular weight is 188 g/mol. The Morgan fingerprint density at radius 1 is 1.29 bits per heavy atom. The van der Waals surface area contributed by atoms with Crippen LogP contribution in [0.2, 0.25) is 0 Å². The molecular weight excluding hydrogens is 176 g/mol. The van der Waals surface area contributed by atoms with Crippen LogP contribution in [0.5, 0.6) is 0 Å². The Kier molecular flexibility index (Phi) is 2.58. The number of rotatable bonds is 3. The van der Waals surface area contributed by atoms with Crippen molar-refractivity contribution in [3.8, 4) is 11.3 Å². The molecule has 2 rings (SSSR count). The predicted octanol–water partition coefficient (Wildman–Crippen LogP) is 1.04. The number of aromatic nitrogens is 2. The van der Waals surface area contributed by atoms with Crippen LogP contribution in [0.4, 0.5) is 0 Å². The molecule has 1 aromatic heterocycles. The molecule has 0 amide bonds. The zero-order valence-corrected chi connectivity index (χ0v) is 7.70. The van der Waals surface area contributed by atoms with Crippen molar-refractivity contribution in [2.45, 2.75) is 6.54 Å². The Morgan fingerprint density at radius 2 is 2.07 bits per heavy atom. The van der Waals surface area contributed by atoms with Gasteiger partial charge in [-0.2, -0.15) is 5.10 Å². The van der Waals surface area contributed by atoms with E-state index in [9.17, 15) is 0 Å². The molecule has 4 N–H and O–H groups in total. The van der Waals surface area contributed by atoms with Gasteiger partial charge in [0, 0.05) is 12.1 Å². The van der Waals surface area contributed by atoms with Crippen LogP contribution in [0.3, 0.4) is 0 Å². The van der Waals surface area contributed by atoms with Gasteiger partial charge in [0.2, 0.25) is 0 Å². The summed E-state index contributed by atoms with van der Waals surface area (Å²) in [5, 5.41) is 6.96. The molecule has 2 aromatic rings. The second kappa shape index (κ2) is 4.04. The molecule has 0 saturated carbocycles. The molecule has 0 spiro atoms. The van der Waals surface area contributed by atoms with Crippen molar-refractivity contribution in [3.05, 3.63) is 42.1 Å². The number of nitrogens with one attached hydrogen (secondary N) is 2. The maximum atomic E-state index is 5.28. The minimum Gasteiger partial charge on any atom is -0.278 e. The first-order valence-electron chi connectivity index (χ1n) is 4.43. The number of nitrogens with two attached hydrogens (primary N) is 1. The molecule has 4 heteroatoms. The third kappa shape index (κ3) is 1.66. The second-order valence-corrected chi connectivity index (χ2v) is 3.02. The van der Waals surface area contributed by atoms with E-state index >= 15 is 0 Å². The minimum atomic E-state index is 0.612. The van der Waals surface area contributed by atoms with Gasteiger partial charge in [-0.25, -0.2) is 0 Å². The molecule has 1 heterocycles. The number of hydrazine groups is 1. The fraction of sp³-hybridized carbons (Fsp3) is 0.100. The highest BCUT2D eigenvalue weighted by molar-refractivity contribution is 5.62. The SMILES string of the molecule is NNCc1cn[nH]c1-c1ccccc1. The molecule has 14 heavy (non-hydrogen) atoms. The Bertz CT molecular complexity index is 394. The quantitative estimate of drug-likeness (QED) is 0.498. The average Bonchev–Trinajstić information content (AvgIpc) is 2.68. The molecule has 0 unspecified atom stereocenters. The largest absolute Gasteiger partial charge is 0.278 e. The van der Waals surface area contributed by atoms with E-state index in [1.54, 1.807) is 6.20 Å². The highest BCUT2D eigenvalue weighted by atomic mass is 15.2. The lowest BCUT2D eigenvalue weighted by molar-refractivity contribution is 0.743. The Balaban J connectivity index is 2.37. The lowest BCUT2D eigenvalue weighted by atomic mass is 10.1. The molecule has 72 valence electrons. The lowest BCUT2D eigenvalue weighted by Gasteiger charge is -2.01. The van der Waals surface area contributed by atoms with Crippen molar-refractivity contribution in [2.24, 2.45) is 5.84 Å². The number of hydrogen-bond acceptors (Lipinski definition) is 3. The van der Waals surface area contributed by atoms with E-state index in [2.05, 4.69) is 15.6 Å². The number of H-pyrrole nitrogens is 1. The minimum absolute atomic E-state index is 0.612. The number of hydrogen-bond donors (Lipinski definition) is 3. The van der Waals surface area contributed by atoms with E-state index < -0.39 is 0 Å². The molecular formula is C10H12N4. The third-order valence-electron chi connectivity index (χ3n) is 2.07. The van der Waals surface area contributed by atoms with Crippen LogP contribution in [0.1, 0.15) is 5.56 Å². The molecule has 0 aliphatic rings. The molecule has 0 saturated heterocycles. The van der Waals surface area contributed by atoms with Crippen molar-refractivity contribution < 1.29 is 0 Å². The van der Waals surface area contributed by atoms with Crippen molar-refractivity contribution >= 4 is 0 Å². The van der Waals surface area contributed by atoms with Crippen molar-refractivity contribution in [1.82, 2.24) is 15.6 Å². The van der Waals surface area contributed by atoms with Crippen LogP contribution in [0, 0.1) is 0 Å². The van der Waals surface area contributed by atoms with Crippen LogP contribution in [-0.4, -0.2) is 10.2 Å². The summed E-state index contributed by atoms with van der Waals surface area (Å²) in [5.74, 6) is 5.28. The summed E-state index contributed by atoms with van der Waals surface area (Å²) in [4.78, 5) is 0. The molecule has 0 aliphatic carbocycles. The van der Waals surface area contributed by atoms with E-state index in [1.807, 2.05) is 30.3 Å². The molecule has 4 nitrogen and oxygen atoms in total. The van der Waals surface area contributed by atoms with Gasteiger partial charge in [0.15, 0.2) is 0 Å². The summed E-state index contributed by atoms with van der Waals surface area (Å²) >= 11 is 0. The molecule has 0 atom stereocenters. The van der Waals surface area contributed by atoms with Crippen molar-refractivity contribution in [2.75, 3.05) is 0 Å². The molecule has 0 fully saturated rings. The zero-order chi connectivity index (χ0) is 9.80. The van der Waals surface area contributed by atoms with Crippen LogP contribution >= 0.6 is 0 Å². The summed E-state index contributed by atoms with van der Waals surface area (Å²) in [5.41, 5.74) is 5.83. The van der Waals surface area contributed by atoms with Crippen molar-refractivity contribution in [3.63, 3.8) is 0 Å². The van der Waals surface area contributed by atoms with E-state index in [4.69, 9.17) is 5.84 Å². The van der Waals surface area contributed by atoms with Gasteiger partial charge in [0.25, 0.3) is 0 Å². The smallest absolute Gasteiger partial charge is 0.0695 e. The first kappa shape index (κ1) is 8.93. The second-order valence-electron chi connectivity index (χ2n) is 3.02. The van der Waals surface area contributed by atoms with Gasteiger partial charge in [0.1, 0.15) is 0 Å². The highest BCUT2D eigenvalue weighted by Gasteiger charge is 2.05.